The van der Waals surface area contributed by atoms with Gasteiger partial charge in [-0.05, 0) is 81.0 Å². The van der Waals surface area contributed by atoms with E-state index in [2.05, 4.69) is 40.3 Å². The van der Waals surface area contributed by atoms with Gasteiger partial charge in [-0.25, -0.2) is 4.79 Å². The van der Waals surface area contributed by atoms with Crippen molar-refractivity contribution in [1.29, 1.82) is 0 Å². The zero-order chi connectivity index (χ0) is 51.4. The van der Waals surface area contributed by atoms with Crippen molar-refractivity contribution in [2.24, 2.45) is 17.3 Å². The number of halogens is 1. The van der Waals surface area contributed by atoms with Crippen LogP contribution in [-0.4, -0.2) is 130 Å². The topological polar surface area (TPSA) is 181 Å². The molecular weight excluding hydrogens is 938 g/mol. The Morgan fingerprint density at radius 3 is 2.23 bits per heavy atom. The van der Waals surface area contributed by atoms with Gasteiger partial charge in [0.1, 0.15) is 29.8 Å². The minimum atomic E-state index is -1.23. The van der Waals surface area contributed by atoms with Gasteiger partial charge in [0.05, 0.1) is 56.7 Å². The molecule has 2 amide bonds. The van der Waals surface area contributed by atoms with E-state index in [4.69, 9.17) is 44.8 Å². The van der Waals surface area contributed by atoms with Crippen molar-refractivity contribution in [3.05, 3.63) is 76.3 Å². The Morgan fingerprint density at radius 1 is 0.929 bits per heavy atom. The van der Waals surface area contributed by atoms with Crippen LogP contribution in [-0.2, 0) is 65.4 Å². The summed E-state index contributed by atoms with van der Waals surface area (Å²) in [6.07, 6.45) is 3.56. The predicted molar refractivity (Wildman–Crippen MR) is 272 cm³/mol. The number of nitrogens with one attached hydrogen (secondary N) is 2. The van der Waals surface area contributed by atoms with Crippen molar-refractivity contribution in [1.82, 2.24) is 15.5 Å². The van der Waals surface area contributed by atoms with Crippen LogP contribution in [0, 0.1) is 17.3 Å². The number of methoxy groups -OCH3 is 1. The monoisotopic (exact) mass is 1020 g/mol. The van der Waals surface area contributed by atoms with Crippen molar-refractivity contribution < 1.29 is 57.1 Å². The molecule has 0 saturated carbocycles. The summed E-state index contributed by atoms with van der Waals surface area (Å²) in [6.45, 7) is 17.4. The highest BCUT2D eigenvalue weighted by molar-refractivity contribution is 7.81. The van der Waals surface area contributed by atoms with Crippen molar-refractivity contribution in [3.63, 3.8) is 0 Å². The molecule has 2 aliphatic rings. The molecule has 1 saturated heterocycles. The van der Waals surface area contributed by atoms with Crippen LogP contribution in [0.3, 0.4) is 0 Å². The number of cyclic esters (lactones) is 2. The van der Waals surface area contributed by atoms with E-state index in [0.717, 1.165) is 30.6 Å². The third kappa shape index (κ3) is 21.0. The summed E-state index contributed by atoms with van der Waals surface area (Å²) in [5.74, 6) is -1.99. The fourth-order valence-electron chi connectivity index (χ4n) is 7.73. The number of ether oxygens (including phenoxy) is 7. The van der Waals surface area contributed by atoms with Crippen molar-refractivity contribution in [2.45, 2.75) is 135 Å². The summed E-state index contributed by atoms with van der Waals surface area (Å²) in [5, 5.41) is 5.94. The normalized spacial score (nSPS) is 22.2. The minimum absolute atomic E-state index is 0.0111. The Labute approximate surface area is 426 Å². The van der Waals surface area contributed by atoms with Crippen LogP contribution in [0.4, 0.5) is 0 Å². The SMILES string of the molecule is COc1ccc(C[C@H]2NC(=O)/C=C/C[C@@H]([C@H](C)[C@H]3O[C@@H]3c3ccc(CN(C)CCOCCOCCOCCCC(=O)CCC(C)(C)S)cc3)OC(=O)[C@H](CC(C)C)OC(=O)C(C)(C)CNC2=O)cc1Cl. The van der Waals surface area contributed by atoms with E-state index in [-0.39, 0.29) is 60.4 Å². The van der Waals surface area contributed by atoms with Gasteiger partial charge in [0, 0.05) is 62.6 Å². The number of hydrogen-bond acceptors (Lipinski definition) is 14. The Hall–Kier alpha value is -4.03. The highest BCUT2D eigenvalue weighted by atomic mass is 35.5. The number of epoxide rings is 1. The number of rotatable bonds is 26. The smallest absolute Gasteiger partial charge is 0.347 e. The van der Waals surface area contributed by atoms with Crippen LogP contribution in [0.1, 0.15) is 110 Å². The molecule has 2 aromatic rings. The molecular formula is C53H78ClN3O12S. The molecule has 2 N–H and O–H groups in total. The Bertz CT molecular complexity index is 2030. The number of Topliss-reactive ketones (excluding diaryl/α,β-unsaturated/α-hetero) is 1. The lowest BCUT2D eigenvalue weighted by Gasteiger charge is -2.29. The molecule has 0 unspecified atom stereocenters. The lowest BCUT2D eigenvalue weighted by Crippen LogP contribution is -2.51. The Morgan fingerprint density at radius 2 is 1.59 bits per heavy atom. The van der Waals surface area contributed by atoms with Gasteiger partial charge in [0.25, 0.3) is 0 Å². The first-order valence-electron chi connectivity index (χ1n) is 24.5. The number of likely N-dealkylation sites (N-methyl/N-ethyl adjacent to an activating group) is 1. The molecule has 0 aromatic heterocycles. The van der Waals surface area contributed by atoms with Crippen LogP contribution >= 0.6 is 24.2 Å². The van der Waals surface area contributed by atoms with Crippen molar-refractivity contribution in [2.75, 3.05) is 66.9 Å². The van der Waals surface area contributed by atoms with Crippen molar-refractivity contribution in [3.8, 4) is 5.75 Å². The zero-order valence-electron chi connectivity index (χ0n) is 42.7. The molecule has 0 aliphatic carbocycles. The van der Waals surface area contributed by atoms with Crippen LogP contribution in [0.15, 0.2) is 54.6 Å². The number of amides is 2. The summed E-state index contributed by atoms with van der Waals surface area (Å²) in [4.78, 5) is 68.7. The average molecular weight is 1020 g/mol. The average Bonchev–Trinajstić information content (AvgIpc) is 4.10. The van der Waals surface area contributed by atoms with Gasteiger partial charge >= 0.3 is 11.9 Å². The molecule has 2 aliphatic heterocycles. The maximum Gasteiger partial charge on any atom is 0.347 e. The summed E-state index contributed by atoms with van der Waals surface area (Å²) in [5.41, 5.74) is 1.57. The number of benzene rings is 2. The number of thiol groups is 1. The molecule has 2 aromatic carbocycles. The molecule has 1 fully saturated rings. The predicted octanol–water partition coefficient (Wildman–Crippen LogP) is 7.44. The number of carbonyl (C=O) groups is 5. The molecule has 17 heteroatoms. The summed E-state index contributed by atoms with van der Waals surface area (Å²) in [7, 11) is 3.54. The second-order valence-corrected chi connectivity index (χ2v) is 21.7. The number of ketones is 1. The molecule has 0 radical (unpaired) electrons. The highest BCUT2D eigenvalue weighted by Crippen LogP contribution is 2.45. The Balaban J connectivity index is 1.28. The number of carbonyl (C=O) groups excluding carboxylic acids is 5. The molecule has 4 rings (SSSR count). The molecule has 0 spiro atoms. The number of hydrogen-bond donors (Lipinski definition) is 3. The highest BCUT2D eigenvalue weighted by Gasteiger charge is 2.48. The third-order valence-electron chi connectivity index (χ3n) is 12.2. The van der Waals surface area contributed by atoms with Crippen LogP contribution in [0.5, 0.6) is 5.75 Å². The number of nitrogens with zero attached hydrogens (tertiary/aromatic N) is 1. The summed E-state index contributed by atoms with van der Waals surface area (Å²) < 4.78 is 40.4. The first kappa shape index (κ1) is 58.5. The zero-order valence-corrected chi connectivity index (χ0v) is 44.4. The first-order chi connectivity index (χ1) is 33.1. The van der Waals surface area contributed by atoms with E-state index >= 15 is 0 Å². The van der Waals surface area contributed by atoms with E-state index < -0.39 is 47.4 Å². The second kappa shape index (κ2) is 28.9. The van der Waals surface area contributed by atoms with Crippen molar-refractivity contribution >= 4 is 53.8 Å². The molecule has 15 nitrogen and oxygen atoms in total. The van der Waals surface area contributed by atoms with Gasteiger partial charge in [-0.15, -0.1) is 0 Å². The summed E-state index contributed by atoms with van der Waals surface area (Å²) >= 11 is 10.9. The van der Waals surface area contributed by atoms with E-state index in [0.29, 0.717) is 75.2 Å². The fourth-order valence-corrected chi connectivity index (χ4v) is 8.12. The van der Waals surface area contributed by atoms with Crippen LogP contribution < -0.4 is 15.4 Å². The molecule has 2 heterocycles. The number of esters is 2. The lowest BCUT2D eigenvalue weighted by molar-refractivity contribution is -0.179. The van der Waals surface area contributed by atoms with Crippen LogP contribution in [0.2, 0.25) is 5.02 Å². The van der Waals surface area contributed by atoms with E-state index in [1.165, 1.54) is 13.2 Å². The maximum atomic E-state index is 13.9. The van der Waals surface area contributed by atoms with Gasteiger partial charge < -0.3 is 43.8 Å². The largest absolute Gasteiger partial charge is 0.495 e. The van der Waals surface area contributed by atoms with Gasteiger partial charge in [0.2, 0.25) is 11.8 Å². The van der Waals surface area contributed by atoms with Gasteiger partial charge in [-0.2, -0.15) is 12.6 Å². The first-order valence-corrected chi connectivity index (χ1v) is 25.4. The lowest BCUT2D eigenvalue weighted by atomic mass is 9.92. The van der Waals surface area contributed by atoms with Gasteiger partial charge in [-0.3, -0.25) is 24.1 Å². The molecule has 390 valence electrons. The van der Waals surface area contributed by atoms with Crippen LogP contribution in [0.25, 0.3) is 0 Å². The van der Waals surface area contributed by atoms with Gasteiger partial charge in [-0.1, -0.05) is 82.6 Å². The quantitative estimate of drug-likeness (QED) is 0.0367. The third-order valence-corrected chi connectivity index (χ3v) is 12.7. The molecule has 0 bridgehead atoms. The second-order valence-electron chi connectivity index (χ2n) is 20.1. The summed E-state index contributed by atoms with van der Waals surface area (Å²) in [6, 6.07) is 12.4. The van der Waals surface area contributed by atoms with E-state index in [1.807, 2.05) is 53.8 Å². The Kier molecular flexibility index (Phi) is 24.1. The maximum absolute atomic E-state index is 13.9. The molecule has 70 heavy (non-hydrogen) atoms. The van der Waals surface area contributed by atoms with E-state index in [9.17, 15) is 24.0 Å². The standard InChI is InChI=1S/C53H78ClN3O12S/c1-35(2)30-45-50(61)67-43(13-10-14-46(59)56-42(32-38-17-20-44(63-9)41(54)31-38)49(60)55-34-52(4,5)51(62)68-45)36(3)47-48(69-47)39-18-15-37(16-19-39)33-57(8)23-25-65-27-29-66-28-26-64-24-11-12-40(58)21-22-53(6,7)70/h10,14-20,31,35-36,42-43,45,47-48,70H,11-13,21-30,32-34H2,1-9H3,(H,55,60)(H,56,59)/b14-10+/t36-,42+,43-,45-,47+,48+/m0/s1. The van der Waals surface area contributed by atoms with Gasteiger partial charge in [0.15, 0.2) is 6.10 Å². The minimum Gasteiger partial charge on any atom is -0.495 e. The molecule has 6 atom stereocenters. The fraction of sp³-hybridized carbons (Fsp3) is 0.642. The van der Waals surface area contributed by atoms with E-state index in [1.54, 1.807) is 38.1 Å².